The molecule has 0 bridgehead atoms. The molecule has 0 aliphatic rings. The van der Waals surface area contributed by atoms with E-state index in [1.807, 2.05) is 0 Å². The summed E-state index contributed by atoms with van der Waals surface area (Å²) in [5, 5.41) is 0. The Morgan fingerprint density at radius 2 is 1.81 bits per heavy atom. The lowest BCUT2D eigenvalue weighted by atomic mass is 9.94. The molecule has 3 atom stereocenters. The van der Waals surface area contributed by atoms with Gasteiger partial charge in [-0.3, -0.25) is 4.90 Å². The predicted octanol–water partition coefficient (Wildman–Crippen LogP) is 2.37. The summed E-state index contributed by atoms with van der Waals surface area (Å²) in [6.45, 7) is 8.58. The van der Waals surface area contributed by atoms with Crippen LogP contribution < -0.4 is 5.73 Å². The van der Waals surface area contributed by atoms with Crippen LogP contribution in [0.3, 0.4) is 0 Å². The summed E-state index contributed by atoms with van der Waals surface area (Å²) in [5.41, 5.74) is 8.87. The van der Waals surface area contributed by atoms with E-state index in [0.717, 1.165) is 6.54 Å². The Kier molecular flexibility index (Phi) is 7.89. The van der Waals surface area contributed by atoms with Crippen molar-refractivity contribution >= 4 is 0 Å². The molecule has 0 radical (unpaired) electrons. The topological polar surface area (TPSA) is 47.7 Å². The largest absolute Gasteiger partial charge is 0.383 e. The molecule has 0 aromatic heterocycles. The van der Waals surface area contributed by atoms with Gasteiger partial charge in [-0.1, -0.05) is 24.3 Å². The van der Waals surface area contributed by atoms with Crippen LogP contribution in [0.1, 0.15) is 31.0 Å². The fraction of sp³-hybridized carbons (Fsp3) is 0.647. The van der Waals surface area contributed by atoms with E-state index >= 15 is 0 Å². The normalized spacial score (nSPS) is 16.0. The fourth-order valence-corrected chi connectivity index (χ4v) is 2.85. The zero-order valence-corrected chi connectivity index (χ0v) is 14.0. The molecule has 0 spiro atoms. The summed E-state index contributed by atoms with van der Waals surface area (Å²) < 4.78 is 10.6. The molecule has 2 N–H and O–H groups in total. The second-order valence-corrected chi connectivity index (χ2v) is 5.70. The number of benzene rings is 1. The second kappa shape index (κ2) is 9.15. The number of hydrogen-bond donors (Lipinski definition) is 1. The Morgan fingerprint density at radius 3 is 2.33 bits per heavy atom. The van der Waals surface area contributed by atoms with E-state index in [0.29, 0.717) is 13.2 Å². The number of nitrogens with two attached hydrogens (primary N) is 1. The summed E-state index contributed by atoms with van der Waals surface area (Å²) >= 11 is 0. The third-order valence-corrected chi connectivity index (χ3v) is 3.89. The first-order valence-corrected chi connectivity index (χ1v) is 7.57. The van der Waals surface area contributed by atoms with Crippen molar-refractivity contribution in [3.8, 4) is 0 Å². The van der Waals surface area contributed by atoms with E-state index < -0.39 is 0 Å². The van der Waals surface area contributed by atoms with E-state index in [2.05, 4.69) is 49.9 Å². The van der Waals surface area contributed by atoms with Gasteiger partial charge < -0.3 is 15.2 Å². The van der Waals surface area contributed by atoms with Gasteiger partial charge in [-0.2, -0.15) is 0 Å². The Bertz CT molecular complexity index is 410. The molecule has 0 saturated heterocycles. The van der Waals surface area contributed by atoms with Gasteiger partial charge in [0.25, 0.3) is 0 Å². The van der Waals surface area contributed by atoms with Crippen LogP contribution in [0.25, 0.3) is 0 Å². The van der Waals surface area contributed by atoms with Gasteiger partial charge in [0.05, 0.1) is 19.3 Å². The molecule has 0 fully saturated rings. The minimum Gasteiger partial charge on any atom is -0.383 e. The van der Waals surface area contributed by atoms with Crippen LogP contribution >= 0.6 is 0 Å². The lowest BCUT2D eigenvalue weighted by Crippen LogP contribution is -2.47. The minimum absolute atomic E-state index is 0.0299. The lowest BCUT2D eigenvalue weighted by Gasteiger charge is -2.39. The van der Waals surface area contributed by atoms with Gasteiger partial charge in [-0.15, -0.1) is 0 Å². The van der Waals surface area contributed by atoms with Gasteiger partial charge >= 0.3 is 0 Å². The van der Waals surface area contributed by atoms with Crippen LogP contribution in [-0.2, 0) is 9.47 Å². The summed E-state index contributed by atoms with van der Waals surface area (Å²) in [5.74, 6) is 0. The molecule has 0 amide bonds. The van der Waals surface area contributed by atoms with E-state index in [9.17, 15) is 0 Å². The third kappa shape index (κ3) is 5.08. The van der Waals surface area contributed by atoms with Gasteiger partial charge in [0, 0.05) is 32.8 Å². The zero-order chi connectivity index (χ0) is 15.8. The second-order valence-electron chi connectivity index (χ2n) is 5.70. The molecular weight excluding hydrogens is 264 g/mol. The molecule has 3 unspecified atom stereocenters. The Labute approximate surface area is 129 Å². The molecule has 0 aliphatic carbocycles. The van der Waals surface area contributed by atoms with Crippen LogP contribution in [0.15, 0.2) is 24.3 Å². The standard InChI is InChI=1S/C17H30N2O2/c1-13-8-6-7-9-16(13)17(15(3)18)19(10-11-20-4)14(2)12-21-5/h6-9,14-15,17H,10-12,18H2,1-5H3. The number of hydrogen-bond acceptors (Lipinski definition) is 4. The SMILES string of the molecule is COCCN(C(C)COC)C(c1ccccc1C)C(C)N. The maximum absolute atomic E-state index is 6.32. The average Bonchev–Trinajstić information content (AvgIpc) is 2.44. The molecule has 0 aliphatic heterocycles. The van der Waals surface area contributed by atoms with E-state index in [-0.39, 0.29) is 18.1 Å². The van der Waals surface area contributed by atoms with E-state index in [1.54, 1.807) is 14.2 Å². The van der Waals surface area contributed by atoms with Crippen molar-refractivity contribution in [1.29, 1.82) is 0 Å². The van der Waals surface area contributed by atoms with Crippen molar-refractivity contribution in [3.63, 3.8) is 0 Å². The third-order valence-electron chi connectivity index (χ3n) is 3.89. The van der Waals surface area contributed by atoms with Gasteiger partial charge in [-0.05, 0) is 31.9 Å². The Balaban J connectivity index is 3.10. The molecular formula is C17H30N2O2. The number of aryl methyl sites for hydroxylation is 1. The molecule has 21 heavy (non-hydrogen) atoms. The Morgan fingerprint density at radius 1 is 1.14 bits per heavy atom. The first-order chi connectivity index (χ1) is 10.0. The molecule has 0 heterocycles. The van der Waals surface area contributed by atoms with Gasteiger partial charge in [0.1, 0.15) is 0 Å². The number of nitrogens with zero attached hydrogens (tertiary/aromatic N) is 1. The van der Waals surface area contributed by atoms with Gasteiger partial charge in [-0.25, -0.2) is 0 Å². The minimum atomic E-state index is 0.0299. The van der Waals surface area contributed by atoms with Gasteiger partial charge in [0.2, 0.25) is 0 Å². The quantitative estimate of drug-likeness (QED) is 0.759. The van der Waals surface area contributed by atoms with Crippen LogP contribution in [0, 0.1) is 6.92 Å². The zero-order valence-electron chi connectivity index (χ0n) is 14.0. The summed E-state index contributed by atoms with van der Waals surface area (Å²) in [6.07, 6.45) is 0. The molecule has 4 nitrogen and oxygen atoms in total. The summed E-state index contributed by atoms with van der Waals surface area (Å²) in [4.78, 5) is 2.39. The molecule has 4 heteroatoms. The van der Waals surface area contributed by atoms with Crippen molar-refractivity contribution in [2.75, 3.05) is 34.0 Å². The molecule has 1 rings (SSSR count). The smallest absolute Gasteiger partial charge is 0.0615 e. The number of methoxy groups -OCH3 is 2. The molecule has 0 saturated carbocycles. The molecule has 1 aromatic carbocycles. The summed E-state index contributed by atoms with van der Waals surface area (Å²) in [6, 6.07) is 8.92. The first-order valence-electron chi connectivity index (χ1n) is 7.57. The van der Waals surface area contributed by atoms with Crippen LogP contribution in [0.5, 0.6) is 0 Å². The van der Waals surface area contributed by atoms with Crippen molar-refractivity contribution in [3.05, 3.63) is 35.4 Å². The van der Waals surface area contributed by atoms with Crippen LogP contribution in [-0.4, -0.2) is 51.0 Å². The lowest BCUT2D eigenvalue weighted by molar-refractivity contribution is 0.0399. The van der Waals surface area contributed by atoms with Gasteiger partial charge in [0.15, 0.2) is 0 Å². The fourth-order valence-electron chi connectivity index (χ4n) is 2.85. The van der Waals surface area contributed by atoms with Crippen molar-refractivity contribution in [1.82, 2.24) is 4.90 Å². The highest BCUT2D eigenvalue weighted by Crippen LogP contribution is 2.28. The number of ether oxygens (including phenoxy) is 2. The van der Waals surface area contributed by atoms with Crippen molar-refractivity contribution < 1.29 is 9.47 Å². The molecule has 120 valence electrons. The summed E-state index contributed by atoms with van der Waals surface area (Å²) in [7, 11) is 3.47. The molecule has 1 aromatic rings. The average molecular weight is 294 g/mol. The first kappa shape index (κ1) is 18.1. The predicted molar refractivity (Wildman–Crippen MR) is 87.5 cm³/mol. The van der Waals surface area contributed by atoms with Crippen LogP contribution in [0.4, 0.5) is 0 Å². The van der Waals surface area contributed by atoms with E-state index in [4.69, 9.17) is 15.2 Å². The highest BCUT2D eigenvalue weighted by Gasteiger charge is 2.28. The highest BCUT2D eigenvalue weighted by atomic mass is 16.5. The maximum atomic E-state index is 6.32. The van der Waals surface area contributed by atoms with Crippen LogP contribution in [0.2, 0.25) is 0 Å². The monoisotopic (exact) mass is 294 g/mol. The maximum Gasteiger partial charge on any atom is 0.0615 e. The van der Waals surface area contributed by atoms with E-state index in [1.165, 1.54) is 11.1 Å². The highest BCUT2D eigenvalue weighted by molar-refractivity contribution is 5.30. The van der Waals surface area contributed by atoms with Crippen molar-refractivity contribution in [2.45, 2.75) is 38.9 Å². The van der Waals surface area contributed by atoms with Crippen molar-refractivity contribution in [2.24, 2.45) is 5.73 Å². The number of rotatable bonds is 9. The Hall–Kier alpha value is -0.940.